The minimum atomic E-state index is -3.77. The third-order valence-electron chi connectivity index (χ3n) is 4.32. The van der Waals surface area contributed by atoms with E-state index < -0.39 is 20.7 Å². The van der Waals surface area contributed by atoms with Gasteiger partial charge in [0.05, 0.1) is 11.9 Å². The van der Waals surface area contributed by atoms with Crippen LogP contribution in [0.2, 0.25) is 0 Å². The number of carbonyl (C=O) groups is 1. The number of ether oxygens (including phenoxy) is 1. The molecule has 0 saturated heterocycles. The van der Waals surface area contributed by atoms with E-state index in [9.17, 15) is 13.2 Å². The van der Waals surface area contributed by atoms with Gasteiger partial charge in [0.1, 0.15) is 11.4 Å². The Kier molecular flexibility index (Phi) is 3.87. The Morgan fingerprint density at radius 2 is 2.17 bits per heavy atom. The lowest BCUT2D eigenvalue weighted by Crippen LogP contribution is -2.40. The van der Waals surface area contributed by atoms with Crippen molar-refractivity contribution < 1.29 is 17.9 Å². The predicted octanol–water partition coefficient (Wildman–Crippen LogP) is 1.53. The molecule has 2 saturated carbocycles. The van der Waals surface area contributed by atoms with Gasteiger partial charge in [-0.05, 0) is 32.1 Å². The van der Waals surface area contributed by atoms with Gasteiger partial charge in [-0.1, -0.05) is 6.08 Å². The van der Waals surface area contributed by atoms with Crippen LogP contribution in [0.25, 0.3) is 0 Å². The van der Waals surface area contributed by atoms with Gasteiger partial charge in [-0.2, -0.15) is 5.10 Å². The Balaban J connectivity index is 1.79. The number of hydrogen-bond donors (Lipinski definition) is 1. The number of carbonyl (C=O) groups excluding carboxylic acids is 1. The molecular weight excluding hydrogens is 318 g/mol. The number of hydrogen-bond acceptors (Lipinski definition) is 6. The molecule has 0 atom stereocenters. The van der Waals surface area contributed by atoms with Crippen molar-refractivity contribution in [3.63, 3.8) is 0 Å². The first-order valence-corrected chi connectivity index (χ1v) is 9.00. The van der Waals surface area contributed by atoms with E-state index >= 15 is 0 Å². The molecule has 124 valence electrons. The van der Waals surface area contributed by atoms with E-state index in [1.807, 2.05) is 0 Å². The van der Waals surface area contributed by atoms with Crippen molar-refractivity contribution in [3.05, 3.63) is 30.1 Å². The van der Waals surface area contributed by atoms with Gasteiger partial charge in [0.2, 0.25) is 10.0 Å². The van der Waals surface area contributed by atoms with E-state index in [1.165, 1.54) is 13.2 Å². The van der Waals surface area contributed by atoms with Crippen LogP contribution in [-0.2, 0) is 10.0 Å². The fraction of sp³-hybridized carbons (Fsp3) is 0.533. The molecule has 2 fully saturated rings. The summed E-state index contributed by atoms with van der Waals surface area (Å²) in [4.78, 5) is 12.2. The Labute approximate surface area is 135 Å². The molecule has 1 N–H and O–H groups in total. The monoisotopic (exact) mass is 337 g/mol. The molecule has 2 aliphatic carbocycles. The van der Waals surface area contributed by atoms with Crippen LogP contribution in [0.4, 0.5) is 0 Å². The summed E-state index contributed by atoms with van der Waals surface area (Å²) >= 11 is 0. The second kappa shape index (κ2) is 5.59. The third kappa shape index (κ3) is 2.95. The van der Waals surface area contributed by atoms with Crippen molar-refractivity contribution in [2.24, 2.45) is 0 Å². The zero-order valence-electron chi connectivity index (χ0n) is 12.9. The molecule has 0 aliphatic heterocycles. The first-order valence-electron chi connectivity index (χ1n) is 7.51. The molecule has 2 aliphatic rings. The van der Waals surface area contributed by atoms with Crippen molar-refractivity contribution in [2.45, 2.75) is 42.8 Å². The lowest BCUT2D eigenvalue weighted by molar-refractivity contribution is 0.0974. The highest BCUT2D eigenvalue weighted by molar-refractivity contribution is 7.91. The second-order valence-electron chi connectivity index (χ2n) is 6.07. The summed E-state index contributed by atoms with van der Waals surface area (Å²) in [5, 5.41) is 7.88. The summed E-state index contributed by atoms with van der Waals surface area (Å²) in [6.07, 6.45) is 4.98. The predicted molar refractivity (Wildman–Crippen MR) is 83.7 cm³/mol. The zero-order valence-corrected chi connectivity index (χ0v) is 13.7. The summed E-state index contributed by atoms with van der Waals surface area (Å²) in [6, 6.07) is 1.44. The topological polar surface area (TPSA) is 98.2 Å². The lowest BCUT2D eigenvalue weighted by atomic mass is 10.2. The number of amides is 1. The fourth-order valence-corrected chi connectivity index (χ4v) is 4.11. The number of rotatable bonds is 7. The highest BCUT2D eigenvalue weighted by atomic mass is 32.2. The van der Waals surface area contributed by atoms with Gasteiger partial charge < -0.3 is 4.74 Å². The number of nitrogens with one attached hydrogen (secondary N) is 1. The molecule has 0 bridgehead atoms. The fourth-order valence-electron chi connectivity index (χ4n) is 2.57. The van der Waals surface area contributed by atoms with Crippen LogP contribution in [0, 0.1) is 0 Å². The first kappa shape index (κ1) is 15.9. The molecule has 1 aromatic rings. The average molecular weight is 337 g/mol. The quantitative estimate of drug-likeness (QED) is 0.758. The van der Waals surface area contributed by atoms with E-state index in [0.717, 1.165) is 18.5 Å². The van der Waals surface area contributed by atoms with Crippen molar-refractivity contribution >= 4 is 15.9 Å². The second-order valence-corrected chi connectivity index (χ2v) is 8.14. The summed E-state index contributed by atoms with van der Waals surface area (Å²) in [6.45, 7) is 3.58. The minimum absolute atomic E-state index is 0.0655. The standard InChI is InChI=1S/C15H19N3O4S/c1-3-6-15(7-8-15)23(20,21)18-14(19)11-9-12(22-2)13(17-16-11)10-4-5-10/h3,9-10H,1,4-8H2,2H3,(H,18,19). The maximum atomic E-state index is 12.4. The van der Waals surface area contributed by atoms with Crippen LogP contribution in [0.15, 0.2) is 18.7 Å². The minimum Gasteiger partial charge on any atom is -0.495 e. The van der Waals surface area contributed by atoms with Gasteiger partial charge in [-0.15, -0.1) is 11.7 Å². The molecule has 8 heteroatoms. The highest BCUT2D eigenvalue weighted by Crippen LogP contribution is 2.46. The van der Waals surface area contributed by atoms with Crippen molar-refractivity contribution in [2.75, 3.05) is 7.11 Å². The van der Waals surface area contributed by atoms with E-state index in [-0.39, 0.29) is 5.69 Å². The zero-order chi connectivity index (χ0) is 16.7. The lowest BCUT2D eigenvalue weighted by Gasteiger charge is -2.15. The normalized spacial score (nSPS) is 19.0. The van der Waals surface area contributed by atoms with Crippen LogP contribution in [0.5, 0.6) is 5.75 Å². The molecule has 1 aromatic heterocycles. The van der Waals surface area contributed by atoms with Crippen LogP contribution >= 0.6 is 0 Å². The van der Waals surface area contributed by atoms with Crippen molar-refractivity contribution in [3.8, 4) is 5.75 Å². The van der Waals surface area contributed by atoms with Gasteiger partial charge in [0.15, 0.2) is 5.69 Å². The Morgan fingerprint density at radius 3 is 2.70 bits per heavy atom. The third-order valence-corrected chi connectivity index (χ3v) is 6.49. The molecule has 1 heterocycles. The molecule has 3 rings (SSSR count). The van der Waals surface area contributed by atoms with E-state index in [0.29, 0.717) is 30.9 Å². The molecule has 0 radical (unpaired) electrons. The van der Waals surface area contributed by atoms with Crippen LogP contribution in [-0.4, -0.2) is 36.4 Å². The number of aromatic nitrogens is 2. The van der Waals surface area contributed by atoms with Gasteiger partial charge in [0.25, 0.3) is 5.91 Å². The smallest absolute Gasteiger partial charge is 0.285 e. The highest BCUT2D eigenvalue weighted by Gasteiger charge is 2.54. The molecular formula is C15H19N3O4S. The summed E-state index contributed by atoms with van der Waals surface area (Å²) in [7, 11) is -2.28. The van der Waals surface area contributed by atoms with Crippen LogP contribution in [0.1, 0.15) is 54.2 Å². The van der Waals surface area contributed by atoms with Gasteiger partial charge in [0, 0.05) is 12.0 Å². The molecule has 0 spiro atoms. The first-order chi connectivity index (χ1) is 10.9. The van der Waals surface area contributed by atoms with E-state index in [1.54, 1.807) is 6.08 Å². The average Bonchev–Trinajstić information content (AvgIpc) is 3.40. The number of methoxy groups -OCH3 is 1. The van der Waals surface area contributed by atoms with Gasteiger partial charge in [-0.3, -0.25) is 4.79 Å². The van der Waals surface area contributed by atoms with E-state index in [4.69, 9.17) is 4.74 Å². The molecule has 1 amide bonds. The molecule has 0 unspecified atom stereocenters. The SMILES string of the molecule is C=CCC1(S(=O)(=O)NC(=O)c2cc(OC)c(C3CC3)nn2)CC1. The van der Waals surface area contributed by atoms with E-state index in [2.05, 4.69) is 21.5 Å². The Bertz CT molecular complexity index is 752. The van der Waals surface area contributed by atoms with Gasteiger partial charge in [-0.25, -0.2) is 13.1 Å². The maximum absolute atomic E-state index is 12.4. The number of sulfonamides is 1. The molecule has 23 heavy (non-hydrogen) atoms. The van der Waals surface area contributed by atoms with Crippen LogP contribution in [0.3, 0.4) is 0 Å². The van der Waals surface area contributed by atoms with Gasteiger partial charge >= 0.3 is 0 Å². The number of allylic oxidation sites excluding steroid dienone is 1. The Morgan fingerprint density at radius 1 is 1.48 bits per heavy atom. The van der Waals surface area contributed by atoms with Crippen molar-refractivity contribution in [1.82, 2.24) is 14.9 Å². The molecule has 0 aromatic carbocycles. The summed E-state index contributed by atoms with van der Waals surface area (Å²) in [5.74, 6) is 0.00591. The summed E-state index contributed by atoms with van der Waals surface area (Å²) in [5.41, 5.74) is 0.654. The maximum Gasteiger partial charge on any atom is 0.285 e. The number of nitrogens with zero attached hydrogens (tertiary/aromatic N) is 2. The molecule has 7 nitrogen and oxygen atoms in total. The Hall–Kier alpha value is -1.96. The summed E-state index contributed by atoms with van der Waals surface area (Å²) < 4.78 is 31.2. The largest absolute Gasteiger partial charge is 0.495 e. The van der Waals surface area contributed by atoms with Crippen LogP contribution < -0.4 is 9.46 Å². The van der Waals surface area contributed by atoms with Crippen molar-refractivity contribution in [1.29, 1.82) is 0 Å².